The van der Waals surface area contributed by atoms with Crippen LogP contribution in [0.2, 0.25) is 0 Å². The van der Waals surface area contributed by atoms with Crippen molar-refractivity contribution in [1.82, 2.24) is 4.31 Å². The Morgan fingerprint density at radius 1 is 1.05 bits per heavy atom. The summed E-state index contributed by atoms with van der Waals surface area (Å²) in [6.07, 6.45) is 0. The fourth-order valence-electron chi connectivity index (χ4n) is 2.23. The van der Waals surface area contributed by atoms with Gasteiger partial charge in [0.1, 0.15) is 0 Å². The van der Waals surface area contributed by atoms with E-state index in [2.05, 4.69) is 0 Å². The molecule has 1 aliphatic rings. The molecule has 0 spiro atoms. The SMILES string of the molecule is CC1CN(S(=O)(=O)c2cccc(S(N)(=O)=O)c2)CC1C. The first kappa shape index (κ1) is 15.4. The van der Waals surface area contributed by atoms with Gasteiger partial charge in [-0.05, 0) is 30.0 Å². The Bertz CT molecular complexity index is 703. The molecular weight excluding hydrogens is 300 g/mol. The molecule has 1 heterocycles. The molecule has 2 rings (SSSR count). The lowest BCUT2D eigenvalue weighted by atomic mass is 10.0. The second kappa shape index (κ2) is 5.10. The Balaban J connectivity index is 2.41. The summed E-state index contributed by atoms with van der Waals surface area (Å²) in [6.45, 7) is 4.90. The molecule has 1 saturated heterocycles. The lowest BCUT2D eigenvalue weighted by molar-refractivity contribution is 0.463. The minimum absolute atomic E-state index is 0.0367. The molecule has 0 bridgehead atoms. The predicted molar refractivity (Wildman–Crippen MR) is 74.9 cm³/mol. The van der Waals surface area contributed by atoms with Crippen LogP contribution in [-0.2, 0) is 20.0 Å². The Labute approximate surface area is 119 Å². The first-order valence-electron chi connectivity index (χ1n) is 6.25. The van der Waals surface area contributed by atoms with Crippen LogP contribution < -0.4 is 5.14 Å². The molecule has 1 fully saturated rings. The molecular formula is C12H18N2O4S2. The number of sulfonamides is 2. The van der Waals surface area contributed by atoms with E-state index in [0.29, 0.717) is 13.1 Å². The molecule has 20 heavy (non-hydrogen) atoms. The fourth-order valence-corrected chi connectivity index (χ4v) is 4.56. The number of nitrogens with two attached hydrogens (primary N) is 1. The second-order valence-electron chi connectivity index (χ2n) is 5.30. The highest BCUT2D eigenvalue weighted by atomic mass is 32.2. The Hall–Kier alpha value is -0.960. The van der Waals surface area contributed by atoms with Gasteiger partial charge in [-0.25, -0.2) is 22.0 Å². The number of primary sulfonamides is 1. The fraction of sp³-hybridized carbons (Fsp3) is 0.500. The van der Waals surface area contributed by atoms with Gasteiger partial charge < -0.3 is 0 Å². The summed E-state index contributed by atoms with van der Waals surface area (Å²) in [5.74, 6) is 0.567. The van der Waals surface area contributed by atoms with Gasteiger partial charge in [-0.1, -0.05) is 19.9 Å². The smallest absolute Gasteiger partial charge is 0.225 e. The average Bonchev–Trinajstić information content (AvgIpc) is 2.69. The second-order valence-corrected chi connectivity index (χ2v) is 8.80. The molecule has 0 aliphatic carbocycles. The molecule has 2 atom stereocenters. The summed E-state index contributed by atoms with van der Waals surface area (Å²) in [6, 6.07) is 5.16. The van der Waals surface area contributed by atoms with Crippen molar-refractivity contribution in [3.8, 4) is 0 Å². The van der Waals surface area contributed by atoms with E-state index in [9.17, 15) is 16.8 Å². The van der Waals surface area contributed by atoms with Crippen molar-refractivity contribution < 1.29 is 16.8 Å². The Morgan fingerprint density at radius 3 is 2.05 bits per heavy atom. The summed E-state index contributed by atoms with van der Waals surface area (Å²) in [5.41, 5.74) is 0. The molecule has 0 amide bonds. The van der Waals surface area contributed by atoms with Crippen molar-refractivity contribution >= 4 is 20.0 Å². The highest BCUT2D eigenvalue weighted by Crippen LogP contribution is 2.28. The largest absolute Gasteiger partial charge is 0.243 e. The first-order chi connectivity index (χ1) is 9.12. The van der Waals surface area contributed by atoms with Crippen LogP contribution in [0, 0.1) is 11.8 Å². The van der Waals surface area contributed by atoms with E-state index >= 15 is 0 Å². The number of nitrogens with zero attached hydrogens (tertiary/aromatic N) is 1. The van der Waals surface area contributed by atoms with E-state index < -0.39 is 20.0 Å². The third kappa shape index (κ3) is 2.88. The Morgan fingerprint density at radius 2 is 1.55 bits per heavy atom. The van der Waals surface area contributed by atoms with Crippen molar-refractivity contribution in [3.63, 3.8) is 0 Å². The minimum atomic E-state index is -3.91. The van der Waals surface area contributed by atoms with Gasteiger partial charge in [-0.2, -0.15) is 4.31 Å². The van der Waals surface area contributed by atoms with Crippen LogP contribution in [0.4, 0.5) is 0 Å². The van der Waals surface area contributed by atoms with Crippen molar-refractivity contribution in [2.24, 2.45) is 17.0 Å². The summed E-state index contributed by atoms with van der Waals surface area (Å²) >= 11 is 0. The highest BCUT2D eigenvalue weighted by Gasteiger charge is 2.35. The van der Waals surface area contributed by atoms with Crippen LogP contribution in [0.25, 0.3) is 0 Å². The van der Waals surface area contributed by atoms with Gasteiger partial charge >= 0.3 is 0 Å². The van der Waals surface area contributed by atoms with Crippen LogP contribution in [0.5, 0.6) is 0 Å². The van der Waals surface area contributed by atoms with Crippen LogP contribution in [0.15, 0.2) is 34.1 Å². The van der Waals surface area contributed by atoms with Crippen molar-refractivity contribution in [2.45, 2.75) is 23.6 Å². The monoisotopic (exact) mass is 318 g/mol. The number of rotatable bonds is 3. The lowest BCUT2D eigenvalue weighted by Gasteiger charge is -2.16. The summed E-state index contributed by atoms with van der Waals surface area (Å²) in [5, 5.41) is 5.03. The van der Waals surface area contributed by atoms with Crippen LogP contribution in [0.1, 0.15) is 13.8 Å². The highest BCUT2D eigenvalue weighted by molar-refractivity contribution is 7.90. The van der Waals surface area contributed by atoms with Crippen LogP contribution in [-0.4, -0.2) is 34.2 Å². The Kier molecular flexibility index (Phi) is 3.94. The zero-order chi connectivity index (χ0) is 15.1. The minimum Gasteiger partial charge on any atom is -0.225 e. The van der Waals surface area contributed by atoms with Crippen LogP contribution in [0.3, 0.4) is 0 Å². The number of benzene rings is 1. The molecule has 0 saturated carbocycles. The summed E-state index contributed by atoms with van der Waals surface area (Å²) in [4.78, 5) is -0.232. The van der Waals surface area contributed by atoms with E-state index in [0.717, 1.165) is 6.07 Å². The molecule has 1 aliphatic heterocycles. The van der Waals surface area contributed by atoms with Gasteiger partial charge in [-0.15, -0.1) is 0 Å². The van der Waals surface area contributed by atoms with Crippen molar-refractivity contribution in [3.05, 3.63) is 24.3 Å². The van der Waals surface area contributed by atoms with Gasteiger partial charge in [0, 0.05) is 13.1 Å². The van der Waals surface area contributed by atoms with Crippen molar-refractivity contribution in [2.75, 3.05) is 13.1 Å². The topological polar surface area (TPSA) is 97.5 Å². The molecule has 1 aromatic carbocycles. The summed E-state index contributed by atoms with van der Waals surface area (Å²) in [7, 11) is -7.59. The third-order valence-corrected chi connectivity index (χ3v) is 6.47. The van der Waals surface area contributed by atoms with Gasteiger partial charge in [0.25, 0.3) is 0 Å². The summed E-state index contributed by atoms with van der Waals surface area (Å²) < 4.78 is 49.0. The zero-order valence-electron chi connectivity index (χ0n) is 11.4. The molecule has 6 nitrogen and oxygen atoms in total. The molecule has 2 N–H and O–H groups in total. The van der Waals surface area contributed by atoms with Crippen LogP contribution >= 0.6 is 0 Å². The molecule has 8 heteroatoms. The maximum Gasteiger partial charge on any atom is 0.243 e. The van der Waals surface area contributed by atoms with E-state index in [1.807, 2.05) is 13.8 Å². The lowest BCUT2D eigenvalue weighted by Crippen LogP contribution is -2.29. The first-order valence-corrected chi connectivity index (χ1v) is 9.24. The zero-order valence-corrected chi connectivity index (χ0v) is 13.0. The molecule has 0 radical (unpaired) electrons. The van der Waals surface area contributed by atoms with Gasteiger partial charge in [0.05, 0.1) is 9.79 Å². The molecule has 2 unspecified atom stereocenters. The third-order valence-electron chi connectivity index (χ3n) is 3.73. The molecule has 112 valence electrons. The van der Waals surface area contributed by atoms with E-state index in [1.165, 1.54) is 22.5 Å². The van der Waals surface area contributed by atoms with Gasteiger partial charge in [0.15, 0.2) is 0 Å². The standard InChI is InChI=1S/C12H18N2O4S2/c1-9-7-14(8-10(9)2)20(17,18)12-5-3-4-11(6-12)19(13,15)16/h3-6,9-10H,7-8H2,1-2H3,(H2,13,15,16). The average molecular weight is 318 g/mol. The van der Waals surface area contributed by atoms with E-state index in [-0.39, 0.29) is 21.6 Å². The maximum atomic E-state index is 12.5. The van der Waals surface area contributed by atoms with Gasteiger partial charge in [0.2, 0.25) is 20.0 Å². The molecule has 1 aromatic rings. The number of hydrogen-bond donors (Lipinski definition) is 1. The quantitative estimate of drug-likeness (QED) is 0.883. The molecule has 0 aromatic heterocycles. The van der Waals surface area contributed by atoms with Crippen molar-refractivity contribution in [1.29, 1.82) is 0 Å². The normalized spacial score (nSPS) is 24.9. The predicted octanol–water partition coefficient (Wildman–Crippen LogP) is 0.611. The maximum absolute atomic E-state index is 12.5. The van der Waals surface area contributed by atoms with Gasteiger partial charge in [-0.3, -0.25) is 0 Å². The van der Waals surface area contributed by atoms with E-state index in [4.69, 9.17) is 5.14 Å². The number of hydrogen-bond acceptors (Lipinski definition) is 4. The van der Waals surface area contributed by atoms with E-state index in [1.54, 1.807) is 0 Å².